The van der Waals surface area contributed by atoms with Gasteiger partial charge in [0, 0.05) is 31.6 Å². The van der Waals surface area contributed by atoms with E-state index in [1.165, 1.54) is 11.3 Å². The summed E-state index contributed by atoms with van der Waals surface area (Å²) in [5.74, 6) is 0. The number of ether oxygens (including phenoxy) is 2. The summed E-state index contributed by atoms with van der Waals surface area (Å²) >= 11 is 1.54. The lowest BCUT2D eigenvalue weighted by Gasteiger charge is -2.41. The van der Waals surface area contributed by atoms with E-state index in [4.69, 9.17) is 14.5 Å². The Hall–Kier alpha value is -4.28. The van der Waals surface area contributed by atoms with E-state index < -0.39 is 5.60 Å². The van der Waals surface area contributed by atoms with Gasteiger partial charge in [0.2, 0.25) is 5.13 Å². The Labute approximate surface area is 253 Å². The van der Waals surface area contributed by atoms with E-state index in [0.717, 1.165) is 64.2 Å². The van der Waals surface area contributed by atoms with Gasteiger partial charge < -0.3 is 19.7 Å². The maximum Gasteiger partial charge on any atom is 0.410 e. The molecule has 0 spiro atoms. The van der Waals surface area contributed by atoms with Crippen LogP contribution in [0.25, 0.3) is 27.5 Å². The van der Waals surface area contributed by atoms with Gasteiger partial charge in [-0.25, -0.2) is 9.31 Å². The number of nitriles is 1. The highest BCUT2D eigenvalue weighted by Crippen LogP contribution is 2.39. The second-order valence-electron chi connectivity index (χ2n) is 12.3. The van der Waals surface area contributed by atoms with Gasteiger partial charge in [-0.3, -0.25) is 9.88 Å². The molecule has 3 atom stereocenters. The number of piperazine rings is 1. The molecule has 0 aromatic carbocycles. The van der Waals surface area contributed by atoms with Crippen LogP contribution in [0.2, 0.25) is 0 Å². The second-order valence-corrected chi connectivity index (χ2v) is 13.3. The van der Waals surface area contributed by atoms with Gasteiger partial charge >= 0.3 is 6.09 Å². The van der Waals surface area contributed by atoms with Crippen LogP contribution >= 0.6 is 11.3 Å². The monoisotopic (exact) mass is 599 g/mol. The molecule has 4 aromatic heterocycles. The van der Waals surface area contributed by atoms with Crippen molar-refractivity contribution >= 4 is 33.8 Å². The van der Waals surface area contributed by atoms with Gasteiger partial charge in [-0.05, 0) is 64.3 Å². The molecule has 222 valence electrons. The summed E-state index contributed by atoms with van der Waals surface area (Å²) in [5, 5.41) is 28.2. The minimum absolute atomic E-state index is 0.0937. The molecule has 13 heteroatoms. The van der Waals surface area contributed by atoms with Gasteiger partial charge in [0.1, 0.15) is 11.7 Å². The van der Waals surface area contributed by atoms with Crippen molar-refractivity contribution in [1.29, 1.82) is 5.26 Å². The van der Waals surface area contributed by atoms with Crippen LogP contribution in [0, 0.1) is 11.3 Å². The highest BCUT2D eigenvalue weighted by molar-refractivity contribution is 7.18. The largest absolute Gasteiger partial charge is 0.444 e. The van der Waals surface area contributed by atoms with Crippen molar-refractivity contribution in [2.45, 2.75) is 63.8 Å². The molecule has 2 unspecified atom stereocenters. The molecule has 0 saturated carbocycles. The molecular weight excluding hydrogens is 566 g/mol. The Morgan fingerprint density at radius 1 is 1.14 bits per heavy atom. The first-order valence-corrected chi connectivity index (χ1v) is 15.4. The molecule has 4 aromatic rings. The topological polar surface area (TPSA) is 134 Å². The summed E-state index contributed by atoms with van der Waals surface area (Å²) in [5.41, 5.74) is 4.17. The quantitative estimate of drug-likeness (QED) is 0.348. The van der Waals surface area contributed by atoms with Gasteiger partial charge in [-0.15, -0.1) is 10.2 Å². The Morgan fingerprint density at radius 2 is 1.95 bits per heavy atom. The Balaban J connectivity index is 1.16. The molecule has 12 nitrogen and oxygen atoms in total. The van der Waals surface area contributed by atoms with E-state index in [-0.39, 0.29) is 24.2 Å². The maximum atomic E-state index is 12.9. The lowest BCUT2D eigenvalue weighted by molar-refractivity contribution is 0.0123. The van der Waals surface area contributed by atoms with E-state index in [2.05, 4.69) is 31.6 Å². The summed E-state index contributed by atoms with van der Waals surface area (Å²) in [6.45, 7) is 8.47. The summed E-state index contributed by atoms with van der Waals surface area (Å²) < 4.78 is 13.1. The lowest BCUT2D eigenvalue weighted by atomic mass is 10.1. The molecule has 2 bridgehead atoms. The SMILES string of the molecule is CC(C)(C)OC(=O)N1C2CCC1CN(c1nnc(-c3cnc(-c4ccc5cc(C#N)cnn45)cc3N[C@H]3CCOC3)s1)C2. The fourth-order valence-electron chi connectivity index (χ4n) is 6.13. The van der Waals surface area contributed by atoms with E-state index >= 15 is 0 Å². The second kappa shape index (κ2) is 10.8. The normalized spacial score (nSPS) is 21.8. The van der Waals surface area contributed by atoms with Gasteiger partial charge in [-0.2, -0.15) is 10.4 Å². The van der Waals surface area contributed by atoms with Crippen LogP contribution in [0.15, 0.2) is 36.7 Å². The summed E-state index contributed by atoms with van der Waals surface area (Å²) in [4.78, 5) is 21.9. The molecule has 3 aliphatic heterocycles. The van der Waals surface area contributed by atoms with Crippen molar-refractivity contribution in [3.8, 4) is 28.0 Å². The molecule has 1 N–H and O–H groups in total. The average Bonchev–Trinajstić information content (AvgIpc) is 3.78. The lowest BCUT2D eigenvalue weighted by Crippen LogP contribution is -2.56. The first kappa shape index (κ1) is 27.5. The van der Waals surface area contributed by atoms with Crippen LogP contribution in [0.4, 0.5) is 15.6 Å². The van der Waals surface area contributed by atoms with Gasteiger partial charge in [0.25, 0.3) is 0 Å². The number of anilines is 2. The summed E-state index contributed by atoms with van der Waals surface area (Å²) in [6.07, 6.45) is 5.99. The maximum absolute atomic E-state index is 12.9. The third-order valence-electron chi connectivity index (χ3n) is 8.09. The average molecular weight is 600 g/mol. The number of rotatable bonds is 5. The van der Waals surface area contributed by atoms with E-state index in [9.17, 15) is 10.1 Å². The van der Waals surface area contributed by atoms with E-state index in [1.807, 2.05) is 56.1 Å². The van der Waals surface area contributed by atoms with Gasteiger partial charge in [0.15, 0.2) is 5.01 Å². The van der Waals surface area contributed by atoms with Crippen molar-refractivity contribution in [1.82, 2.24) is 29.7 Å². The first-order valence-electron chi connectivity index (χ1n) is 14.6. The van der Waals surface area contributed by atoms with Gasteiger partial charge in [0.05, 0.1) is 59.0 Å². The molecule has 3 saturated heterocycles. The molecule has 7 rings (SSSR count). The van der Waals surface area contributed by atoms with Crippen molar-refractivity contribution in [3.05, 3.63) is 42.2 Å². The Kier molecular flexibility index (Phi) is 6.90. The molecule has 7 heterocycles. The standard InChI is InChI=1S/C30H33N9O3S/c1-30(2,3)42-29(40)38-21-4-5-22(38)16-37(15-21)28-36-35-27(43-28)23-14-32-25(11-24(23)34-19-8-9-41-17-19)26-7-6-20-10-18(12-31)13-33-39(20)26/h6-7,10-11,13-14,19,21-22H,4-5,8-9,15-17H2,1-3H3,(H,32,34)/t19-,21?,22?/m0/s1. The van der Waals surface area contributed by atoms with Crippen molar-refractivity contribution in [2.75, 3.05) is 36.5 Å². The molecule has 0 aliphatic carbocycles. The number of carbonyl (C=O) groups excluding carboxylic acids is 1. The number of nitrogens with zero attached hydrogens (tertiary/aromatic N) is 8. The zero-order valence-electron chi connectivity index (χ0n) is 24.4. The number of nitrogens with one attached hydrogen (secondary N) is 1. The van der Waals surface area contributed by atoms with Crippen molar-refractivity contribution < 1.29 is 14.3 Å². The van der Waals surface area contributed by atoms with Crippen LogP contribution < -0.4 is 10.2 Å². The van der Waals surface area contributed by atoms with Crippen LogP contribution in [-0.4, -0.2) is 85.8 Å². The number of amides is 1. The van der Waals surface area contributed by atoms with E-state index in [0.29, 0.717) is 25.3 Å². The molecule has 3 aliphatic rings. The predicted molar refractivity (Wildman–Crippen MR) is 162 cm³/mol. The number of fused-ring (bicyclic) bond motifs is 3. The number of hydrogen-bond acceptors (Lipinski definition) is 11. The molecule has 0 radical (unpaired) electrons. The zero-order chi connectivity index (χ0) is 29.7. The number of hydrogen-bond donors (Lipinski definition) is 1. The van der Waals surface area contributed by atoms with Crippen LogP contribution in [0.5, 0.6) is 0 Å². The van der Waals surface area contributed by atoms with Gasteiger partial charge in [-0.1, -0.05) is 11.3 Å². The molecule has 1 amide bonds. The third-order valence-corrected chi connectivity index (χ3v) is 9.10. The predicted octanol–water partition coefficient (Wildman–Crippen LogP) is 4.58. The van der Waals surface area contributed by atoms with Crippen LogP contribution in [0.1, 0.15) is 45.6 Å². The zero-order valence-corrected chi connectivity index (χ0v) is 25.2. The number of aromatic nitrogens is 5. The fraction of sp³-hybridized carbons (Fsp3) is 0.467. The Bertz CT molecular complexity index is 1700. The molecule has 43 heavy (non-hydrogen) atoms. The van der Waals surface area contributed by atoms with E-state index in [1.54, 1.807) is 10.7 Å². The summed E-state index contributed by atoms with van der Waals surface area (Å²) in [7, 11) is 0. The van der Waals surface area contributed by atoms with Crippen molar-refractivity contribution in [2.24, 2.45) is 0 Å². The third kappa shape index (κ3) is 5.36. The minimum atomic E-state index is -0.520. The fourth-order valence-corrected chi connectivity index (χ4v) is 7.02. The van der Waals surface area contributed by atoms with Crippen LogP contribution in [0.3, 0.4) is 0 Å². The first-order chi connectivity index (χ1) is 20.8. The van der Waals surface area contributed by atoms with Crippen molar-refractivity contribution in [3.63, 3.8) is 0 Å². The highest BCUT2D eigenvalue weighted by Gasteiger charge is 2.45. The molecular formula is C30H33N9O3S. The smallest absolute Gasteiger partial charge is 0.410 e. The highest BCUT2D eigenvalue weighted by atomic mass is 32.1. The number of carbonyl (C=O) groups is 1. The van der Waals surface area contributed by atoms with Crippen LogP contribution in [-0.2, 0) is 9.47 Å². The number of pyridine rings is 1. The molecule has 3 fully saturated rings. The Morgan fingerprint density at radius 3 is 2.67 bits per heavy atom. The minimum Gasteiger partial charge on any atom is -0.444 e. The summed E-state index contributed by atoms with van der Waals surface area (Å²) in [6, 6.07) is 10.2.